The minimum absolute atomic E-state index is 0.0406. The molecule has 12 heteroatoms. The summed E-state index contributed by atoms with van der Waals surface area (Å²) in [5.41, 5.74) is 8.31. The normalized spacial score (nSPS) is 14.1. The number of alkyl halides is 3. The van der Waals surface area contributed by atoms with E-state index in [1.807, 2.05) is 11.0 Å². The van der Waals surface area contributed by atoms with Crippen LogP contribution in [0.5, 0.6) is 0 Å². The van der Waals surface area contributed by atoms with Crippen LogP contribution in [0.25, 0.3) is 11.3 Å². The predicted octanol–water partition coefficient (Wildman–Crippen LogP) is 3.46. The van der Waals surface area contributed by atoms with E-state index in [-0.39, 0.29) is 4.90 Å². The van der Waals surface area contributed by atoms with Gasteiger partial charge >= 0.3 is 6.18 Å². The number of fused-ring (bicyclic) bond motifs is 2. The number of H-pyrrole nitrogens is 1. The lowest BCUT2D eigenvalue weighted by Crippen LogP contribution is -2.31. The number of hydrogen-bond acceptors (Lipinski definition) is 8. The molecule has 0 saturated heterocycles. The first-order chi connectivity index (χ1) is 14.9. The number of nitrogens with two attached hydrogens (primary N) is 1. The summed E-state index contributed by atoms with van der Waals surface area (Å²) in [5, 5.41) is 0.308. The lowest BCUT2D eigenvalue weighted by molar-refractivity contribution is -0.143. The Morgan fingerprint density at radius 2 is 2.00 bits per heavy atom. The number of anilines is 2. The molecule has 0 atom stereocenters. The number of aromatic amines is 1. The fourth-order valence-corrected chi connectivity index (χ4v) is 4.27. The van der Waals surface area contributed by atoms with Crippen LogP contribution in [0.3, 0.4) is 0 Å². The van der Waals surface area contributed by atoms with Crippen LogP contribution in [0, 0.1) is 0 Å². The van der Waals surface area contributed by atoms with Gasteiger partial charge in [0.2, 0.25) is 5.95 Å². The highest BCUT2D eigenvalue weighted by atomic mass is 32.2. The zero-order valence-corrected chi connectivity index (χ0v) is 16.7. The first kappa shape index (κ1) is 19.5. The minimum atomic E-state index is -4.55. The molecule has 0 spiro atoms. The first-order valence-corrected chi connectivity index (χ1v) is 10.1. The number of rotatable bonds is 3. The molecule has 1 aliphatic heterocycles. The highest BCUT2D eigenvalue weighted by Crippen LogP contribution is 2.37. The Balaban J connectivity index is 1.42. The number of halogens is 3. The van der Waals surface area contributed by atoms with Gasteiger partial charge in [0.1, 0.15) is 5.03 Å². The maximum atomic E-state index is 13.2. The minimum Gasteiger partial charge on any atom is -0.397 e. The molecule has 0 radical (unpaired) electrons. The van der Waals surface area contributed by atoms with E-state index >= 15 is 0 Å². The van der Waals surface area contributed by atoms with E-state index in [2.05, 4.69) is 29.9 Å². The summed E-state index contributed by atoms with van der Waals surface area (Å²) in [4.78, 5) is 26.1. The second-order valence-corrected chi connectivity index (χ2v) is 8.00. The molecule has 0 saturated carbocycles. The van der Waals surface area contributed by atoms with E-state index in [1.54, 1.807) is 6.20 Å². The molecule has 0 aliphatic carbocycles. The van der Waals surface area contributed by atoms with E-state index in [1.165, 1.54) is 18.3 Å². The number of imidazole rings is 1. The molecule has 31 heavy (non-hydrogen) atoms. The molecule has 5 heterocycles. The molecule has 0 amide bonds. The monoisotopic (exact) mass is 444 g/mol. The first-order valence-electron chi connectivity index (χ1n) is 9.28. The summed E-state index contributed by atoms with van der Waals surface area (Å²) >= 11 is 0.853. The van der Waals surface area contributed by atoms with Gasteiger partial charge in [-0.25, -0.2) is 9.97 Å². The summed E-state index contributed by atoms with van der Waals surface area (Å²) in [7, 11) is 0. The van der Waals surface area contributed by atoms with Crippen LogP contribution in [0.2, 0.25) is 0 Å². The van der Waals surface area contributed by atoms with E-state index in [0.29, 0.717) is 41.0 Å². The van der Waals surface area contributed by atoms with Crippen LogP contribution < -0.4 is 10.6 Å². The second-order valence-electron chi connectivity index (χ2n) is 6.94. The third-order valence-corrected chi connectivity index (χ3v) is 5.74. The van der Waals surface area contributed by atoms with E-state index in [9.17, 15) is 13.2 Å². The molecule has 0 fully saturated rings. The van der Waals surface area contributed by atoms with Gasteiger partial charge in [-0.2, -0.15) is 18.2 Å². The number of aromatic nitrogens is 6. The molecule has 5 rings (SSSR count). The van der Waals surface area contributed by atoms with Gasteiger partial charge in [0, 0.05) is 36.3 Å². The molecule has 8 nitrogen and oxygen atoms in total. The number of nitrogen functional groups attached to an aromatic ring is 1. The van der Waals surface area contributed by atoms with Crippen molar-refractivity contribution in [3.05, 3.63) is 53.7 Å². The van der Waals surface area contributed by atoms with Crippen molar-refractivity contribution in [2.45, 2.75) is 29.1 Å². The van der Waals surface area contributed by atoms with Crippen molar-refractivity contribution < 1.29 is 13.2 Å². The Hall–Kier alpha value is -3.41. The van der Waals surface area contributed by atoms with Crippen molar-refractivity contribution in [3.8, 4) is 0 Å². The van der Waals surface area contributed by atoms with Crippen LogP contribution in [0.1, 0.15) is 17.0 Å². The summed E-state index contributed by atoms with van der Waals surface area (Å²) in [5.74, 6) is 0.586. The Morgan fingerprint density at radius 3 is 2.84 bits per heavy atom. The van der Waals surface area contributed by atoms with Gasteiger partial charge in [0.05, 0.1) is 18.1 Å². The van der Waals surface area contributed by atoms with Crippen molar-refractivity contribution in [2.75, 3.05) is 17.2 Å². The Bertz CT molecular complexity index is 1270. The standard InChI is InChI=1S/C19H15F3N8S/c20-19(21,22)15-13(2-1-4-24-15)31-14-8-26-16-17(27-14)29-18(28-16)30-5-3-12-10(9-30)6-11(23)7-25-12/h1-2,4,6-8H,3,5,9,23H2,(H,26,27,28,29). The quantitative estimate of drug-likeness (QED) is 0.495. The molecule has 4 aromatic heterocycles. The number of nitrogens with zero attached hydrogens (tertiary/aromatic N) is 6. The second kappa shape index (κ2) is 7.38. The van der Waals surface area contributed by atoms with Crippen molar-refractivity contribution >= 4 is 34.7 Å². The van der Waals surface area contributed by atoms with Crippen LogP contribution in [0.15, 0.2) is 46.7 Å². The predicted molar refractivity (Wildman–Crippen MR) is 108 cm³/mol. The Labute approximate surface area is 178 Å². The van der Waals surface area contributed by atoms with Gasteiger partial charge in [0.25, 0.3) is 0 Å². The lowest BCUT2D eigenvalue weighted by Gasteiger charge is -2.27. The zero-order chi connectivity index (χ0) is 21.6. The lowest BCUT2D eigenvalue weighted by atomic mass is 10.1. The van der Waals surface area contributed by atoms with Crippen LogP contribution in [-0.4, -0.2) is 36.4 Å². The molecule has 4 aromatic rings. The highest BCUT2D eigenvalue weighted by Gasteiger charge is 2.35. The summed E-state index contributed by atoms with van der Waals surface area (Å²) in [6.07, 6.45) is 0.361. The molecule has 0 aromatic carbocycles. The summed E-state index contributed by atoms with van der Waals surface area (Å²) in [6, 6.07) is 4.71. The largest absolute Gasteiger partial charge is 0.434 e. The Kier molecular flexibility index (Phi) is 4.65. The SMILES string of the molecule is Nc1cnc2c(c1)CN(c1nc3ncc(Sc4cccnc4C(F)(F)F)nc3[nH]1)CC2. The number of nitrogens with one attached hydrogen (secondary N) is 1. The maximum Gasteiger partial charge on any atom is 0.434 e. The van der Waals surface area contributed by atoms with Crippen LogP contribution >= 0.6 is 11.8 Å². The van der Waals surface area contributed by atoms with Crippen molar-refractivity contribution in [1.82, 2.24) is 29.9 Å². The van der Waals surface area contributed by atoms with E-state index in [4.69, 9.17) is 5.73 Å². The Morgan fingerprint density at radius 1 is 1.13 bits per heavy atom. The van der Waals surface area contributed by atoms with Crippen molar-refractivity contribution in [1.29, 1.82) is 0 Å². The maximum absolute atomic E-state index is 13.2. The molecule has 0 unspecified atom stereocenters. The topological polar surface area (TPSA) is 110 Å². The van der Waals surface area contributed by atoms with E-state index in [0.717, 1.165) is 35.6 Å². The molecule has 0 bridgehead atoms. The van der Waals surface area contributed by atoms with Crippen molar-refractivity contribution in [2.24, 2.45) is 0 Å². The fourth-order valence-electron chi connectivity index (χ4n) is 3.39. The highest BCUT2D eigenvalue weighted by molar-refractivity contribution is 7.99. The fraction of sp³-hybridized carbons (Fsp3) is 0.211. The molecule has 1 aliphatic rings. The van der Waals surface area contributed by atoms with Gasteiger partial charge in [-0.3, -0.25) is 9.97 Å². The molecule has 158 valence electrons. The van der Waals surface area contributed by atoms with Gasteiger partial charge in [-0.1, -0.05) is 11.8 Å². The smallest absolute Gasteiger partial charge is 0.397 e. The number of hydrogen-bond donors (Lipinski definition) is 2. The van der Waals surface area contributed by atoms with Crippen LogP contribution in [-0.2, 0) is 19.1 Å². The molecular formula is C19H15F3N8S. The third kappa shape index (κ3) is 3.85. The van der Waals surface area contributed by atoms with Gasteiger partial charge in [-0.05, 0) is 23.8 Å². The summed E-state index contributed by atoms with van der Waals surface area (Å²) in [6.45, 7) is 1.29. The van der Waals surface area contributed by atoms with Crippen LogP contribution in [0.4, 0.5) is 24.8 Å². The zero-order valence-electron chi connectivity index (χ0n) is 15.9. The average molecular weight is 444 g/mol. The number of pyridine rings is 2. The van der Waals surface area contributed by atoms with Gasteiger partial charge < -0.3 is 15.6 Å². The van der Waals surface area contributed by atoms with E-state index < -0.39 is 11.9 Å². The average Bonchev–Trinajstić information content (AvgIpc) is 3.16. The molecular weight excluding hydrogens is 429 g/mol. The molecule has 3 N–H and O–H groups in total. The van der Waals surface area contributed by atoms with Crippen molar-refractivity contribution in [3.63, 3.8) is 0 Å². The van der Waals surface area contributed by atoms with Gasteiger partial charge in [0.15, 0.2) is 17.0 Å². The third-order valence-electron chi connectivity index (χ3n) is 4.79. The summed E-state index contributed by atoms with van der Waals surface area (Å²) < 4.78 is 39.6. The van der Waals surface area contributed by atoms with Gasteiger partial charge in [-0.15, -0.1) is 0 Å².